The van der Waals surface area contributed by atoms with Crippen molar-refractivity contribution in [1.29, 1.82) is 0 Å². The smallest absolute Gasteiger partial charge is 0.240 e. The van der Waals surface area contributed by atoms with E-state index in [1.54, 1.807) is 13.3 Å². The highest BCUT2D eigenvalue weighted by molar-refractivity contribution is 7.15. The fourth-order valence-electron chi connectivity index (χ4n) is 3.45. The van der Waals surface area contributed by atoms with Crippen molar-refractivity contribution < 1.29 is 14.3 Å². The summed E-state index contributed by atoms with van der Waals surface area (Å²) in [5, 5.41) is 7.13. The molecule has 1 aliphatic rings. The normalized spacial score (nSPS) is 14.9. The Morgan fingerprint density at radius 1 is 1.12 bits per heavy atom. The Kier molecular flexibility index (Phi) is 9.89. The van der Waals surface area contributed by atoms with Crippen LogP contribution < -0.4 is 10.6 Å². The molecule has 0 bridgehead atoms. The second-order valence-corrected chi connectivity index (χ2v) is 9.22. The number of thiazole rings is 1. The summed E-state index contributed by atoms with van der Waals surface area (Å²) in [6, 6.07) is 7.73. The molecule has 174 valence electrons. The zero-order chi connectivity index (χ0) is 22.8. The van der Waals surface area contributed by atoms with E-state index in [-0.39, 0.29) is 11.8 Å². The van der Waals surface area contributed by atoms with Crippen molar-refractivity contribution >= 4 is 39.9 Å². The van der Waals surface area contributed by atoms with Crippen LogP contribution in [0.15, 0.2) is 30.5 Å². The van der Waals surface area contributed by atoms with Crippen LogP contribution in [0.2, 0.25) is 5.02 Å². The number of hydrogen-bond acceptors (Lipinski definition) is 7. The molecule has 32 heavy (non-hydrogen) atoms. The quantitative estimate of drug-likeness (QED) is 0.480. The maximum Gasteiger partial charge on any atom is 0.240 e. The molecule has 1 saturated heterocycles. The van der Waals surface area contributed by atoms with Crippen LogP contribution in [0.1, 0.15) is 16.9 Å². The van der Waals surface area contributed by atoms with E-state index in [1.807, 2.05) is 24.3 Å². The fourth-order valence-corrected chi connectivity index (χ4v) is 4.50. The van der Waals surface area contributed by atoms with E-state index >= 15 is 0 Å². The number of carbonyl (C=O) groups excluding carboxylic acids is 2. The lowest BCUT2D eigenvalue weighted by atomic mass is 10.1. The van der Waals surface area contributed by atoms with Gasteiger partial charge in [0.2, 0.25) is 11.8 Å². The zero-order valence-corrected chi connectivity index (χ0v) is 19.9. The first-order chi connectivity index (χ1) is 15.5. The fraction of sp³-hybridized carbons (Fsp3) is 0.500. The number of amides is 2. The van der Waals surface area contributed by atoms with Gasteiger partial charge in [-0.2, -0.15) is 0 Å². The maximum absolute atomic E-state index is 12.4. The van der Waals surface area contributed by atoms with Crippen molar-refractivity contribution in [3.8, 4) is 0 Å². The second kappa shape index (κ2) is 12.9. The molecule has 10 heteroatoms. The van der Waals surface area contributed by atoms with Gasteiger partial charge in [0.1, 0.15) is 0 Å². The van der Waals surface area contributed by atoms with Gasteiger partial charge in [0.15, 0.2) is 5.13 Å². The number of hydrogen-bond donors (Lipinski definition) is 2. The molecular formula is C22H30ClN5O3S. The van der Waals surface area contributed by atoms with Crippen molar-refractivity contribution in [2.75, 3.05) is 64.8 Å². The minimum Gasteiger partial charge on any atom is -0.385 e. The van der Waals surface area contributed by atoms with Gasteiger partial charge in [-0.1, -0.05) is 29.8 Å². The predicted octanol–water partition coefficient (Wildman–Crippen LogP) is 2.10. The van der Waals surface area contributed by atoms with Gasteiger partial charge in [0.25, 0.3) is 0 Å². The lowest BCUT2D eigenvalue weighted by Gasteiger charge is -2.33. The Morgan fingerprint density at radius 3 is 2.50 bits per heavy atom. The standard InChI is InChI=1S/C22H30ClN5O3S/c1-31-12-4-7-24-20(29)15-27-8-10-28(11-9-27)16-21(30)26-22-25-14-18(32-22)13-17-5-2-3-6-19(17)23/h2-3,5-6,14H,4,7-13,15-16H2,1H3,(H,24,29)(H,25,26,30). The van der Waals surface area contributed by atoms with Crippen molar-refractivity contribution in [1.82, 2.24) is 20.1 Å². The average Bonchev–Trinajstić information content (AvgIpc) is 3.21. The summed E-state index contributed by atoms with van der Waals surface area (Å²) in [5.41, 5.74) is 1.04. The number of methoxy groups -OCH3 is 1. The molecule has 0 spiro atoms. The number of aromatic nitrogens is 1. The van der Waals surface area contributed by atoms with Gasteiger partial charge in [-0.3, -0.25) is 19.4 Å². The Balaban J connectivity index is 1.35. The van der Waals surface area contributed by atoms with Crippen molar-refractivity contribution in [2.45, 2.75) is 12.8 Å². The van der Waals surface area contributed by atoms with Crippen molar-refractivity contribution in [3.05, 3.63) is 45.9 Å². The van der Waals surface area contributed by atoms with E-state index < -0.39 is 0 Å². The van der Waals surface area contributed by atoms with E-state index in [0.29, 0.717) is 37.8 Å². The van der Waals surface area contributed by atoms with Gasteiger partial charge in [-0.05, 0) is 18.1 Å². The number of anilines is 1. The van der Waals surface area contributed by atoms with E-state index in [9.17, 15) is 9.59 Å². The molecule has 1 fully saturated rings. The van der Waals surface area contributed by atoms with Gasteiger partial charge in [0, 0.05) is 69.0 Å². The summed E-state index contributed by atoms with van der Waals surface area (Å²) in [6.07, 6.45) is 3.28. The van der Waals surface area contributed by atoms with Crippen molar-refractivity contribution in [3.63, 3.8) is 0 Å². The highest BCUT2D eigenvalue weighted by atomic mass is 35.5. The maximum atomic E-state index is 12.4. The Morgan fingerprint density at radius 2 is 1.81 bits per heavy atom. The minimum absolute atomic E-state index is 0.0312. The summed E-state index contributed by atoms with van der Waals surface area (Å²) >= 11 is 7.69. The SMILES string of the molecule is COCCCNC(=O)CN1CCN(CC(=O)Nc2ncc(Cc3ccccc3Cl)s2)CC1. The molecule has 1 aliphatic heterocycles. The molecule has 0 radical (unpaired) electrons. The van der Waals surface area contributed by atoms with Crippen molar-refractivity contribution in [2.24, 2.45) is 0 Å². The van der Waals surface area contributed by atoms with Crippen LogP contribution in [-0.2, 0) is 20.7 Å². The molecule has 1 aromatic carbocycles. The summed E-state index contributed by atoms with van der Waals surface area (Å²) in [7, 11) is 1.65. The lowest BCUT2D eigenvalue weighted by Crippen LogP contribution is -2.51. The number of piperazine rings is 1. The monoisotopic (exact) mass is 479 g/mol. The Labute approximate surface area is 197 Å². The molecule has 2 aromatic rings. The first-order valence-electron chi connectivity index (χ1n) is 10.7. The molecule has 0 saturated carbocycles. The molecular weight excluding hydrogens is 450 g/mol. The number of halogens is 1. The summed E-state index contributed by atoms with van der Waals surface area (Å²) in [4.78, 5) is 34.0. The highest BCUT2D eigenvalue weighted by Crippen LogP contribution is 2.24. The van der Waals surface area contributed by atoms with Crippen LogP contribution in [0.3, 0.4) is 0 Å². The van der Waals surface area contributed by atoms with Gasteiger partial charge in [-0.25, -0.2) is 4.98 Å². The summed E-state index contributed by atoms with van der Waals surface area (Å²) < 4.78 is 4.98. The van der Waals surface area contributed by atoms with E-state index in [1.165, 1.54) is 11.3 Å². The van der Waals surface area contributed by atoms with Crippen LogP contribution in [-0.4, -0.2) is 86.1 Å². The number of rotatable bonds is 11. The van der Waals surface area contributed by atoms with Crippen LogP contribution in [0.5, 0.6) is 0 Å². The molecule has 2 N–H and O–H groups in total. The molecule has 1 aromatic heterocycles. The molecule has 2 heterocycles. The van der Waals surface area contributed by atoms with Gasteiger partial charge in [-0.15, -0.1) is 11.3 Å². The van der Waals surface area contributed by atoms with Crippen LogP contribution in [0.4, 0.5) is 5.13 Å². The minimum atomic E-state index is -0.0759. The molecule has 0 aliphatic carbocycles. The molecule has 2 amide bonds. The third-order valence-electron chi connectivity index (χ3n) is 5.17. The molecule has 3 rings (SSSR count). The van der Waals surface area contributed by atoms with Crippen LogP contribution in [0.25, 0.3) is 0 Å². The van der Waals surface area contributed by atoms with E-state index in [0.717, 1.165) is 48.1 Å². The van der Waals surface area contributed by atoms with E-state index in [4.69, 9.17) is 16.3 Å². The summed E-state index contributed by atoms with van der Waals surface area (Å²) in [6.45, 7) is 5.00. The largest absolute Gasteiger partial charge is 0.385 e. The number of nitrogens with one attached hydrogen (secondary N) is 2. The Hall–Kier alpha value is -2.04. The number of nitrogens with zero attached hydrogens (tertiary/aromatic N) is 3. The second-order valence-electron chi connectivity index (χ2n) is 7.70. The number of carbonyl (C=O) groups is 2. The third kappa shape index (κ3) is 8.14. The highest BCUT2D eigenvalue weighted by Gasteiger charge is 2.21. The number of ether oxygens (including phenoxy) is 1. The first kappa shape index (κ1) is 24.6. The molecule has 0 unspecified atom stereocenters. The number of benzene rings is 1. The topological polar surface area (TPSA) is 86.8 Å². The predicted molar refractivity (Wildman–Crippen MR) is 127 cm³/mol. The third-order valence-corrected chi connectivity index (χ3v) is 6.45. The zero-order valence-electron chi connectivity index (χ0n) is 18.3. The van der Waals surface area contributed by atoms with Gasteiger partial charge < -0.3 is 15.4 Å². The van der Waals surface area contributed by atoms with Gasteiger partial charge in [0.05, 0.1) is 13.1 Å². The van der Waals surface area contributed by atoms with E-state index in [2.05, 4.69) is 25.4 Å². The molecule has 0 atom stereocenters. The average molecular weight is 480 g/mol. The Bertz CT molecular complexity index is 886. The van der Waals surface area contributed by atoms with Crippen LogP contribution >= 0.6 is 22.9 Å². The summed E-state index contributed by atoms with van der Waals surface area (Å²) in [5.74, 6) is -0.0448. The van der Waals surface area contributed by atoms with Crippen LogP contribution in [0, 0.1) is 0 Å². The van der Waals surface area contributed by atoms with Gasteiger partial charge >= 0.3 is 0 Å². The first-order valence-corrected chi connectivity index (χ1v) is 11.9. The molecule has 8 nitrogen and oxygen atoms in total. The lowest BCUT2D eigenvalue weighted by molar-refractivity contribution is -0.123.